The molecule has 3 heteroatoms. The maximum atomic E-state index is 5.84. The van der Waals surface area contributed by atoms with Crippen LogP contribution in [0.1, 0.15) is 28.3 Å². The van der Waals surface area contributed by atoms with Gasteiger partial charge >= 0.3 is 0 Å². The number of fused-ring (bicyclic) bond motifs is 1. The summed E-state index contributed by atoms with van der Waals surface area (Å²) in [4.78, 5) is 4.54. The Morgan fingerprint density at radius 1 is 1.00 bits per heavy atom. The monoisotopic (exact) mass is 277 g/mol. The number of hydrogen-bond acceptors (Lipinski definition) is 3. The predicted molar refractivity (Wildman–Crippen MR) is 86.8 cm³/mol. The molecule has 1 unspecified atom stereocenters. The van der Waals surface area contributed by atoms with Gasteiger partial charge in [0.1, 0.15) is 0 Å². The van der Waals surface area contributed by atoms with E-state index in [1.165, 1.54) is 16.7 Å². The fraction of sp³-hybridized carbons (Fsp3) is 0.167. The molecule has 2 aromatic carbocycles. The Hall–Kier alpha value is -2.23. The SMILES string of the molecule is Cc1cccc(C)c1C(NN)c1cnc2ccccc2c1. The quantitative estimate of drug-likeness (QED) is 0.570. The lowest BCUT2D eigenvalue weighted by Gasteiger charge is -2.21. The van der Waals surface area contributed by atoms with Crippen LogP contribution in [0.4, 0.5) is 0 Å². The van der Waals surface area contributed by atoms with Crippen LogP contribution in [0.5, 0.6) is 0 Å². The van der Waals surface area contributed by atoms with Crippen LogP contribution >= 0.6 is 0 Å². The third-order valence-corrected chi connectivity index (χ3v) is 3.94. The van der Waals surface area contributed by atoms with Crippen LogP contribution in [-0.2, 0) is 0 Å². The van der Waals surface area contributed by atoms with Crippen LogP contribution in [0.3, 0.4) is 0 Å². The molecule has 0 fully saturated rings. The number of hydrazine groups is 1. The summed E-state index contributed by atoms with van der Waals surface area (Å²) in [5, 5.41) is 1.13. The van der Waals surface area contributed by atoms with Crippen molar-refractivity contribution in [2.24, 2.45) is 5.84 Å². The Bertz CT molecular complexity index is 760. The zero-order valence-electron chi connectivity index (χ0n) is 12.3. The van der Waals surface area contributed by atoms with Crippen molar-refractivity contribution in [2.75, 3.05) is 0 Å². The molecule has 0 aliphatic rings. The van der Waals surface area contributed by atoms with Gasteiger partial charge in [-0.3, -0.25) is 10.8 Å². The molecule has 0 radical (unpaired) electrons. The summed E-state index contributed by atoms with van der Waals surface area (Å²) in [5.74, 6) is 5.84. The van der Waals surface area contributed by atoms with E-state index < -0.39 is 0 Å². The molecule has 0 amide bonds. The first-order valence-corrected chi connectivity index (χ1v) is 7.07. The Morgan fingerprint density at radius 3 is 2.43 bits per heavy atom. The largest absolute Gasteiger partial charge is 0.271 e. The van der Waals surface area contributed by atoms with Crippen LogP contribution in [0.25, 0.3) is 10.9 Å². The van der Waals surface area contributed by atoms with Gasteiger partial charge in [-0.05, 0) is 48.2 Å². The lowest BCUT2D eigenvalue weighted by atomic mass is 9.92. The Balaban J connectivity index is 2.14. The highest BCUT2D eigenvalue weighted by molar-refractivity contribution is 5.79. The molecular formula is C18H19N3. The molecular weight excluding hydrogens is 258 g/mol. The number of benzene rings is 2. The molecule has 3 N–H and O–H groups in total. The molecule has 0 saturated heterocycles. The van der Waals surface area contributed by atoms with Crippen LogP contribution in [0, 0.1) is 13.8 Å². The second-order valence-corrected chi connectivity index (χ2v) is 5.37. The number of nitrogens with zero attached hydrogens (tertiary/aromatic N) is 1. The molecule has 0 aliphatic heterocycles. The topological polar surface area (TPSA) is 50.9 Å². The zero-order chi connectivity index (χ0) is 14.8. The van der Waals surface area contributed by atoms with Crippen LogP contribution in [0.15, 0.2) is 54.7 Å². The molecule has 106 valence electrons. The molecule has 3 rings (SSSR count). The highest BCUT2D eigenvalue weighted by Gasteiger charge is 2.17. The van der Waals surface area contributed by atoms with Gasteiger partial charge in [0.05, 0.1) is 11.6 Å². The summed E-state index contributed by atoms with van der Waals surface area (Å²) in [5.41, 5.74) is 8.69. The van der Waals surface area contributed by atoms with E-state index in [0.717, 1.165) is 16.5 Å². The van der Waals surface area contributed by atoms with Crippen molar-refractivity contribution < 1.29 is 0 Å². The summed E-state index contributed by atoms with van der Waals surface area (Å²) in [6.07, 6.45) is 1.90. The van der Waals surface area contributed by atoms with E-state index in [0.29, 0.717) is 0 Å². The van der Waals surface area contributed by atoms with Crippen molar-refractivity contribution in [3.05, 3.63) is 77.0 Å². The second-order valence-electron chi connectivity index (χ2n) is 5.37. The first-order valence-electron chi connectivity index (χ1n) is 7.07. The summed E-state index contributed by atoms with van der Waals surface area (Å²) in [7, 11) is 0. The first-order chi connectivity index (χ1) is 10.2. The summed E-state index contributed by atoms with van der Waals surface area (Å²) < 4.78 is 0. The van der Waals surface area contributed by atoms with Gasteiger partial charge in [0, 0.05) is 11.6 Å². The first kappa shape index (κ1) is 13.7. The minimum atomic E-state index is -0.0525. The van der Waals surface area contributed by atoms with Crippen LogP contribution in [-0.4, -0.2) is 4.98 Å². The van der Waals surface area contributed by atoms with Crippen LogP contribution < -0.4 is 11.3 Å². The van der Waals surface area contributed by atoms with Gasteiger partial charge in [-0.2, -0.15) is 0 Å². The number of aryl methyl sites for hydroxylation is 2. The standard InChI is InChI=1S/C18H19N3/c1-12-6-5-7-13(2)17(12)18(21-19)15-10-14-8-3-4-9-16(14)20-11-15/h3-11,18,21H,19H2,1-2H3. The maximum absolute atomic E-state index is 5.84. The number of aromatic nitrogens is 1. The van der Waals surface area contributed by atoms with E-state index in [9.17, 15) is 0 Å². The average molecular weight is 277 g/mol. The molecule has 0 aliphatic carbocycles. The molecule has 1 atom stereocenters. The van der Waals surface area contributed by atoms with Crippen molar-refractivity contribution >= 4 is 10.9 Å². The highest BCUT2D eigenvalue weighted by atomic mass is 15.2. The lowest BCUT2D eigenvalue weighted by Crippen LogP contribution is -2.30. The number of nitrogens with one attached hydrogen (secondary N) is 1. The van der Waals surface area contributed by atoms with E-state index in [4.69, 9.17) is 5.84 Å². The Morgan fingerprint density at radius 2 is 1.71 bits per heavy atom. The Kier molecular flexibility index (Phi) is 3.69. The molecule has 1 heterocycles. The lowest BCUT2D eigenvalue weighted by molar-refractivity contribution is 0.629. The molecule has 0 spiro atoms. The van der Waals surface area contributed by atoms with Gasteiger partial charge in [-0.15, -0.1) is 0 Å². The van der Waals surface area contributed by atoms with Gasteiger partial charge in [0.15, 0.2) is 0 Å². The summed E-state index contributed by atoms with van der Waals surface area (Å²) in [6.45, 7) is 4.22. The van der Waals surface area contributed by atoms with E-state index in [-0.39, 0.29) is 6.04 Å². The molecule has 21 heavy (non-hydrogen) atoms. The van der Waals surface area contributed by atoms with Crippen molar-refractivity contribution in [1.29, 1.82) is 0 Å². The maximum Gasteiger partial charge on any atom is 0.0730 e. The average Bonchev–Trinajstić information content (AvgIpc) is 2.50. The molecule has 1 aromatic heterocycles. The van der Waals surface area contributed by atoms with Crippen molar-refractivity contribution in [3.63, 3.8) is 0 Å². The number of para-hydroxylation sites is 1. The van der Waals surface area contributed by atoms with E-state index in [1.807, 2.05) is 24.4 Å². The molecule has 3 nitrogen and oxygen atoms in total. The fourth-order valence-corrected chi connectivity index (χ4v) is 2.87. The molecule has 0 bridgehead atoms. The van der Waals surface area contributed by atoms with Crippen molar-refractivity contribution in [1.82, 2.24) is 10.4 Å². The van der Waals surface area contributed by atoms with Gasteiger partial charge in [0.2, 0.25) is 0 Å². The minimum absolute atomic E-state index is 0.0525. The Labute approximate surface area is 124 Å². The van der Waals surface area contributed by atoms with E-state index >= 15 is 0 Å². The zero-order valence-corrected chi connectivity index (χ0v) is 12.3. The summed E-state index contributed by atoms with van der Waals surface area (Å²) >= 11 is 0. The number of rotatable bonds is 3. The fourth-order valence-electron chi connectivity index (χ4n) is 2.87. The number of pyridine rings is 1. The van der Waals surface area contributed by atoms with Gasteiger partial charge in [-0.1, -0.05) is 36.4 Å². The van der Waals surface area contributed by atoms with E-state index in [2.05, 4.69) is 54.6 Å². The normalized spacial score (nSPS) is 12.5. The third-order valence-electron chi connectivity index (χ3n) is 3.94. The smallest absolute Gasteiger partial charge is 0.0730 e. The third kappa shape index (κ3) is 2.53. The molecule has 3 aromatic rings. The predicted octanol–water partition coefficient (Wildman–Crippen LogP) is 3.40. The van der Waals surface area contributed by atoms with Crippen molar-refractivity contribution in [2.45, 2.75) is 19.9 Å². The van der Waals surface area contributed by atoms with E-state index in [1.54, 1.807) is 0 Å². The van der Waals surface area contributed by atoms with Crippen LogP contribution in [0.2, 0.25) is 0 Å². The number of hydrogen-bond donors (Lipinski definition) is 2. The second kappa shape index (κ2) is 5.64. The van der Waals surface area contributed by atoms with Gasteiger partial charge in [-0.25, -0.2) is 5.43 Å². The number of nitrogens with two attached hydrogens (primary N) is 1. The minimum Gasteiger partial charge on any atom is -0.271 e. The summed E-state index contributed by atoms with van der Waals surface area (Å²) in [6, 6.07) is 16.5. The highest BCUT2D eigenvalue weighted by Crippen LogP contribution is 2.28. The van der Waals surface area contributed by atoms with Crippen molar-refractivity contribution in [3.8, 4) is 0 Å². The molecule has 0 saturated carbocycles. The van der Waals surface area contributed by atoms with Gasteiger partial charge in [0.25, 0.3) is 0 Å². The van der Waals surface area contributed by atoms with Gasteiger partial charge < -0.3 is 0 Å².